The highest BCUT2D eigenvalue weighted by atomic mass is 16.5. The number of piperidine rings is 1. The minimum absolute atomic E-state index is 0.482. The lowest BCUT2D eigenvalue weighted by molar-refractivity contribution is 0.160. The number of benzene rings is 1. The smallest absolute Gasteiger partial charge is 0.191 e. The van der Waals surface area contributed by atoms with E-state index in [0.29, 0.717) is 12.0 Å². The highest BCUT2D eigenvalue weighted by Gasteiger charge is 2.24. The van der Waals surface area contributed by atoms with Crippen molar-refractivity contribution in [3.8, 4) is 5.75 Å². The lowest BCUT2D eigenvalue weighted by atomic mass is 9.88. The zero-order chi connectivity index (χ0) is 19.9. The van der Waals surface area contributed by atoms with Crippen LogP contribution >= 0.6 is 0 Å². The summed E-state index contributed by atoms with van der Waals surface area (Å²) in [5, 5.41) is 7.25. The van der Waals surface area contributed by atoms with Gasteiger partial charge in [0, 0.05) is 45.2 Å². The molecule has 3 aliphatic rings. The molecule has 4 rings (SSSR count). The molecule has 1 saturated carbocycles. The van der Waals surface area contributed by atoms with Crippen LogP contribution in [0.5, 0.6) is 5.75 Å². The molecule has 0 spiro atoms. The summed E-state index contributed by atoms with van der Waals surface area (Å²) in [4.78, 5) is 7.18. The summed E-state index contributed by atoms with van der Waals surface area (Å²) in [7, 11) is 1.88. The molecule has 1 aromatic carbocycles. The summed E-state index contributed by atoms with van der Waals surface area (Å²) in [6, 6.07) is 8.96. The Morgan fingerprint density at radius 3 is 2.66 bits per heavy atom. The van der Waals surface area contributed by atoms with Crippen LogP contribution in [0.4, 0.5) is 0 Å². The summed E-state index contributed by atoms with van der Waals surface area (Å²) < 4.78 is 5.79. The second kappa shape index (κ2) is 10.3. The number of hydrogen-bond acceptors (Lipinski definition) is 3. The lowest BCUT2D eigenvalue weighted by Gasteiger charge is -2.36. The SMILES string of the molecule is CN=C(NCC1CCOc2ccccc21)NC1CCN(CC2CCCCC2)CC1. The van der Waals surface area contributed by atoms with E-state index in [1.165, 1.54) is 70.1 Å². The van der Waals surface area contributed by atoms with Crippen molar-refractivity contribution in [3.05, 3.63) is 29.8 Å². The van der Waals surface area contributed by atoms with Gasteiger partial charge in [-0.3, -0.25) is 4.99 Å². The highest BCUT2D eigenvalue weighted by Crippen LogP contribution is 2.32. The van der Waals surface area contributed by atoms with Gasteiger partial charge in [0.15, 0.2) is 5.96 Å². The molecule has 5 nitrogen and oxygen atoms in total. The standard InChI is InChI=1S/C24H38N4O/c1-25-24(26-17-20-13-16-29-23-10-6-5-9-22(20)23)27-21-11-14-28(15-12-21)18-19-7-3-2-4-8-19/h5-6,9-10,19-21H,2-4,7-8,11-18H2,1H3,(H2,25,26,27). The van der Waals surface area contributed by atoms with Gasteiger partial charge in [-0.05, 0) is 49.7 Å². The third-order valence-electron chi connectivity index (χ3n) is 6.99. The van der Waals surface area contributed by atoms with Crippen LogP contribution in [0.25, 0.3) is 0 Å². The molecule has 1 aromatic rings. The van der Waals surface area contributed by atoms with Gasteiger partial charge in [0.25, 0.3) is 0 Å². The van der Waals surface area contributed by atoms with E-state index in [1.807, 2.05) is 7.05 Å². The zero-order valence-electron chi connectivity index (χ0n) is 18.0. The van der Waals surface area contributed by atoms with Crippen molar-refractivity contribution in [2.75, 3.05) is 39.8 Å². The summed E-state index contributed by atoms with van der Waals surface area (Å²) in [5.74, 6) is 3.42. The molecule has 29 heavy (non-hydrogen) atoms. The summed E-state index contributed by atoms with van der Waals surface area (Å²) in [5.41, 5.74) is 1.32. The van der Waals surface area contributed by atoms with E-state index in [4.69, 9.17) is 4.74 Å². The first-order chi connectivity index (χ1) is 14.3. The Balaban J connectivity index is 1.20. The third kappa shape index (κ3) is 5.65. The number of guanidine groups is 1. The molecule has 0 bridgehead atoms. The maximum atomic E-state index is 5.79. The minimum atomic E-state index is 0.482. The normalized spacial score (nSPS) is 24.6. The van der Waals surface area contributed by atoms with E-state index < -0.39 is 0 Å². The van der Waals surface area contributed by atoms with Crippen molar-refractivity contribution >= 4 is 5.96 Å². The van der Waals surface area contributed by atoms with Crippen molar-refractivity contribution < 1.29 is 4.74 Å². The van der Waals surface area contributed by atoms with E-state index in [-0.39, 0.29) is 0 Å². The van der Waals surface area contributed by atoms with E-state index in [2.05, 4.69) is 44.8 Å². The molecular weight excluding hydrogens is 360 g/mol. The first-order valence-electron chi connectivity index (χ1n) is 11.7. The topological polar surface area (TPSA) is 48.9 Å². The van der Waals surface area contributed by atoms with Gasteiger partial charge >= 0.3 is 0 Å². The average molecular weight is 399 g/mol. The number of nitrogens with zero attached hydrogens (tertiary/aromatic N) is 2. The predicted molar refractivity (Wildman–Crippen MR) is 120 cm³/mol. The molecule has 2 aliphatic heterocycles. The second-order valence-electron chi connectivity index (χ2n) is 9.05. The molecule has 1 unspecified atom stereocenters. The first-order valence-corrected chi connectivity index (χ1v) is 11.7. The van der Waals surface area contributed by atoms with Gasteiger partial charge in [-0.2, -0.15) is 0 Å². The van der Waals surface area contributed by atoms with Crippen LogP contribution in [0, 0.1) is 5.92 Å². The van der Waals surface area contributed by atoms with Crippen LogP contribution in [-0.2, 0) is 0 Å². The Kier molecular flexibility index (Phi) is 7.31. The minimum Gasteiger partial charge on any atom is -0.493 e. The monoisotopic (exact) mass is 398 g/mol. The molecule has 160 valence electrons. The largest absolute Gasteiger partial charge is 0.493 e. The molecule has 5 heteroatoms. The number of likely N-dealkylation sites (tertiary alicyclic amines) is 1. The van der Waals surface area contributed by atoms with E-state index >= 15 is 0 Å². The fourth-order valence-corrected chi connectivity index (χ4v) is 5.23. The number of fused-ring (bicyclic) bond motifs is 1. The number of aliphatic imine (C=N–C) groups is 1. The fourth-order valence-electron chi connectivity index (χ4n) is 5.23. The van der Waals surface area contributed by atoms with Crippen LogP contribution in [0.15, 0.2) is 29.3 Å². The van der Waals surface area contributed by atoms with Crippen LogP contribution in [0.3, 0.4) is 0 Å². The second-order valence-corrected chi connectivity index (χ2v) is 9.05. The van der Waals surface area contributed by atoms with Crippen LogP contribution in [0.1, 0.15) is 62.8 Å². The number of rotatable bonds is 5. The van der Waals surface area contributed by atoms with Crippen molar-refractivity contribution in [2.45, 2.75) is 63.3 Å². The fraction of sp³-hybridized carbons (Fsp3) is 0.708. The van der Waals surface area contributed by atoms with Gasteiger partial charge in [-0.15, -0.1) is 0 Å². The molecular formula is C24H38N4O. The molecule has 2 heterocycles. The Labute approximate surface area is 176 Å². The third-order valence-corrected chi connectivity index (χ3v) is 6.99. The number of hydrogen-bond donors (Lipinski definition) is 2. The molecule has 2 fully saturated rings. The number of ether oxygens (including phenoxy) is 1. The zero-order valence-corrected chi connectivity index (χ0v) is 18.0. The van der Waals surface area contributed by atoms with E-state index in [0.717, 1.165) is 37.2 Å². The molecule has 0 aromatic heterocycles. The van der Waals surface area contributed by atoms with Crippen molar-refractivity contribution in [3.63, 3.8) is 0 Å². The Bertz CT molecular complexity index is 663. The van der Waals surface area contributed by atoms with Crippen molar-refractivity contribution in [1.29, 1.82) is 0 Å². The first kappa shape index (κ1) is 20.5. The number of para-hydroxylation sites is 1. The molecule has 1 aliphatic carbocycles. The Morgan fingerprint density at radius 2 is 1.86 bits per heavy atom. The van der Waals surface area contributed by atoms with Crippen molar-refractivity contribution in [1.82, 2.24) is 15.5 Å². The molecule has 0 radical (unpaired) electrons. The highest BCUT2D eigenvalue weighted by molar-refractivity contribution is 5.80. The van der Waals surface area contributed by atoms with Crippen molar-refractivity contribution in [2.24, 2.45) is 10.9 Å². The average Bonchev–Trinajstić information content (AvgIpc) is 2.78. The van der Waals surface area contributed by atoms with E-state index in [9.17, 15) is 0 Å². The number of nitrogens with one attached hydrogen (secondary N) is 2. The Hall–Kier alpha value is -1.75. The van der Waals surface area contributed by atoms with Gasteiger partial charge in [-0.1, -0.05) is 37.5 Å². The predicted octanol–water partition coefficient (Wildman–Crippen LogP) is 3.76. The Morgan fingerprint density at radius 1 is 1.07 bits per heavy atom. The maximum absolute atomic E-state index is 5.79. The quantitative estimate of drug-likeness (QED) is 0.586. The van der Waals surface area contributed by atoms with Gasteiger partial charge in [-0.25, -0.2) is 0 Å². The van der Waals surface area contributed by atoms with Crippen LogP contribution < -0.4 is 15.4 Å². The van der Waals surface area contributed by atoms with Gasteiger partial charge < -0.3 is 20.3 Å². The molecule has 2 N–H and O–H groups in total. The summed E-state index contributed by atoms with van der Waals surface area (Å²) in [6.45, 7) is 5.47. The van der Waals surface area contributed by atoms with Gasteiger partial charge in [0.1, 0.15) is 5.75 Å². The van der Waals surface area contributed by atoms with Crippen LogP contribution in [-0.4, -0.2) is 56.7 Å². The lowest BCUT2D eigenvalue weighted by Crippen LogP contribution is -2.50. The van der Waals surface area contributed by atoms with Gasteiger partial charge in [0.05, 0.1) is 6.61 Å². The van der Waals surface area contributed by atoms with E-state index in [1.54, 1.807) is 0 Å². The van der Waals surface area contributed by atoms with Crippen LogP contribution in [0.2, 0.25) is 0 Å². The summed E-state index contributed by atoms with van der Waals surface area (Å²) >= 11 is 0. The maximum Gasteiger partial charge on any atom is 0.191 e. The molecule has 0 amide bonds. The van der Waals surface area contributed by atoms with Gasteiger partial charge in [0.2, 0.25) is 0 Å². The molecule has 1 atom stereocenters. The summed E-state index contributed by atoms with van der Waals surface area (Å²) in [6.07, 6.45) is 10.7. The molecule has 1 saturated heterocycles.